The molecule has 23 heavy (non-hydrogen) atoms. The van der Waals surface area contributed by atoms with Crippen molar-refractivity contribution in [3.05, 3.63) is 44.4 Å². The molecule has 11 heteroatoms. The first-order valence-electron chi connectivity index (χ1n) is 6.36. The van der Waals surface area contributed by atoms with Crippen LogP contribution in [0.1, 0.15) is 0 Å². The molecule has 2 rings (SSSR count). The zero-order valence-corrected chi connectivity index (χ0v) is 15.2. The Bertz CT molecular complexity index is 795. The minimum absolute atomic E-state index is 0.125. The predicted molar refractivity (Wildman–Crippen MR) is 91.2 cm³/mol. The summed E-state index contributed by atoms with van der Waals surface area (Å²) in [4.78, 5) is 14.0. The highest BCUT2D eigenvalue weighted by Gasteiger charge is 2.21. The number of aromatic nitrogens is 1. The number of sulfonamides is 1. The molecule has 0 aliphatic heterocycles. The van der Waals surface area contributed by atoms with Crippen LogP contribution in [0.4, 0.5) is 11.5 Å². The van der Waals surface area contributed by atoms with Crippen molar-refractivity contribution in [1.82, 2.24) is 9.29 Å². The summed E-state index contributed by atoms with van der Waals surface area (Å²) in [6.07, 6.45) is 1.14. The van der Waals surface area contributed by atoms with Gasteiger partial charge < -0.3 is 5.32 Å². The fraction of sp³-hybridized carbons (Fsp3) is 0.250. The van der Waals surface area contributed by atoms with E-state index >= 15 is 0 Å². The Balaban J connectivity index is 1.96. The number of thiophene rings is 1. The van der Waals surface area contributed by atoms with E-state index in [0.717, 1.165) is 17.5 Å². The molecule has 0 radical (unpaired) electrons. The average Bonchev–Trinajstić information content (AvgIpc) is 3.03. The average molecular weight is 421 g/mol. The molecule has 2 heterocycles. The molecule has 8 nitrogen and oxygen atoms in total. The Morgan fingerprint density at radius 2 is 2.26 bits per heavy atom. The Morgan fingerprint density at radius 1 is 1.52 bits per heavy atom. The van der Waals surface area contributed by atoms with Crippen molar-refractivity contribution in [2.75, 3.05) is 25.5 Å². The molecule has 0 aliphatic rings. The maximum Gasteiger partial charge on any atom is 0.288 e. The summed E-state index contributed by atoms with van der Waals surface area (Å²) in [6.45, 7) is 0.538. The van der Waals surface area contributed by atoms with Crippen molar-refractivity contribution < 1.29 is 13.3 Å². The van der Waals surface area contributed by atoms with Gasteiger partial charge in [-0.2, -0.15) is 4.31 Å². The SMILES string of the molecule is CN(CCNc1ncc([N+](=O)[O-])cc1Br)S(=O)(=O)c1cccs1. The normalized spacial score (nSPS) is 11.6. The molecule has 124 valence electrons. The zero-order chi connectivity index (χ0) is 17.0. The van der Waals surface area contributed by atoms with Gasteiger partial charge in [0.1, 0.15) is 16.2 Å². The molecule has 0 aromatic carbocycles. The van der Waals surface area contributed by atoms with Crippen LogP contribution in [0.2, 0.25) is 0 Å². The Labute approximate surface area is 145 Å². The zero-order valence-electron chi connectivity index (χ0n) is 12.0. The first-order chi connectivity index (χ1) is 10.8. The third kappa shape index (κ3) is 4.25. The summed E-state index contributed by atoms with van der Waals surface area (Å²) in [7, 11) is -1.99. The van der Waals surface area contributed by atoms with Gasteiger partial charge in [-0.05, 0) is 27.4 Å². The molecule has 0 atom stereocenters. The number of nitrogens with one attached hydrogen (secondary N) is 1. The van der Waals surface area contributed by atoms with Crippen LogP contribution >= 0.6 is 27.3 Å². The van der Waals surface area contributed by atoms with E-state index in [-0.39, 0.29) is 16.4 Å². The number of nitrogens with zero attached hydrogens (tertiary/aromatic N) is 3. The number of pyridine rings is 1. The summed E-state index contributed by atoms with van der Waals surface area (Å²) in [5, 5.41) is 15.3. The van der Waals surface area contributed by atoms with Crippen LogP contribution in [0.15, 0.2) is 38.5 Å². The number of rotatable bonds is 7. The van der Waals surface area contributed by atoms with Crippen LogP contribution in [0, 0.1) is 10.1 Å². The second-order valence-electron chi connectivity index (χ2n) is 4.47. The highest BCUT2D eigenvalue weighted by atomic mass is 79.9. The van der Waals surface area contributed by atoms with Crippen molar-refractivity contribution in [3.63, 3.8) is 0 Å². The van der Waals surface area contributed by atoms with Gasteiger partial charge >= 0.3 is 0 Å². The van der Waals surface area contributed by atoms with Gasteiger partial charge in [-0.3, -0.25) is 10.1 Å². The molecule has 0 amide bonds. The molecule has 0 bridgehead atoms. The van der Waals surface area contributed by atoms with Crippen LogP contribution < -0.4 is 5.32 Å². The van der Waals surface area contributed by atoms with Gasteiger partial charge in [-0.15, -0.1) is 11.3 Å². The number of halogens is 1. The van der Waals surface area contributed by atoms with E-state index in [2.05, 4.69) is 26.2 Å². The van der Waals surface area contributed by atoms with Gasteiger partial charge in [-0.1, -0.05) is 6.07 Å². The minimum Gasteiger partial charge on any atom is -0.368 e. The van der Waals surface area contributed by atoms with Crippen molar-refractivity contribution in [1.29, 1.82) is 0 Å². The van der Waals surface area contributed by atoms with Crippen LogP contribution in [0.5, 0.6) is 0 Å². The Kier molecular flexibility index (Phi) is 5.68. The third-order valence-corrected chi connectivity index (χ3v) is 6.75. The number of anilines is 1. The number of hydrogen-bond acceptors (Lipinski definition) is 7. The molecule has 0 saturated heterocycles. The van der Waals surface area contributed by atoms with Crippen LogP contribution in [-0.2, 0) is 10.0 Å². The molecule has 2 aromatic heterocycles. The van der Waals surface area contributed by atoms with E-state index in [1.54, 1.807) is 17.5 Å². The smallest absolute Gasteiger partial charge is 0.288 e. The topological polar surface area (TPSA) is 105 Å². The summed E-state index contributed by atoms with van der Waals surface area (Å²) < 4.78 is 26.4. The highest BCUT2D eigenvalue weighted by Crippen LogP contribution is 2.24. The Morgan fingerprint density at radius 3 is 2.83 bits per heavy atom. The van der Waals surface area contributed by atoms with E-state index in [1.807, 2.05) is 0 Å². The first-order valence-corrected chi connectivity index (χ1v) is 9.47. The lowest BCUT2D eigenvalue weighted by Crippen LogP contribution is -2.31. The van der Waals surface area contributed by atoms with Crippen LogP contribution in [-0.4, -0.2) is 42.8 Å². The first kappa shape index (κ1) is 17.8. The summed E-state index contributed by atoms with van der Waals surface area (Å²) in [5.74, 6) is 0.414. The second-order valence-corrected chi connectivity index (χ2v) is 8.54. The fourth-order valence-corrected chi connectivity index (χ4v) is 4.52. The Hall–Kier alpha value is -1.56. The number of likely N-dealkylation sites (N-methyl/N-ethyl adjacent to an activating group) is 1. The molecule has 0 spiro atoms. The number of hydrogen-bond donors (Lipinski definition) is 1. The van der Waals surface area contributed by atoms with Crippen molar-refractivity contribution >= 4 is 48.8 Å². The number of nitro groups is 1. The predicted octanol–water partition coefficient (Wildman–Crippen LogP) is 2.55. The summed E-state index contributed by atoms with van der Waals surface area (Å²) >= 11 is 4.36. The van der Waals surface area contributed by atoms with E-state index in [0.29, 0.717) is 16.8 Å². The van der Waals surface area contributed by atoms with Gasteiger partial charge in [-0.25, -0.2) is 13.4 Å². The molecule has 0 aliphatic carbocycles. The molecule has 0 unspecified atom stereocenters. The largest absolute Gasteiger partial charge is 0.368 e. The summed E-state index contributed by atoms with van der Waals surface area (Å²) in [5.41, 5.74) is -0.125. The second kappa shape index (κ2) is 7.34. The molecular weight excluding hydrogens is 408 g/mol. The van der Waals surface area contributed by atoms with E-state index in [1.165, 1.54) is 17.4 Å². The standard InChI is InChI=1S/C12H13BrN4O4S2/c1-16(23(20,21)11-3-2-6-22-11)5-4-14-12-10(13)7-9(8-15-12)17(18)19/h2-3,6-8H,4-5H2,1H3,(H,14,15). The molecular formula is C12H13BrN4O4S2. The van der Waals surface area contributed by atoms with E-state index < -0.39 is 14.9 Å². The van der Waals surface area contributed by atoms with Gasteiger partial charge in [0.15, 0.2) is 0 Å². The lowest BCUT2D eigenvalue weighted by Gasteiger charge is -2.16. The van der Waals surface area contributed by atoms with Crippen LogP contribution in [0.3, 0.4) is 0 Å². The maximum atomic E-state index is 12.2. The van der Waals surface area contributed by atoms with Crippen molar-refractivity contribution in [2.45, 2.75) is 4.21 Å². The van der Waals surface area contributed by atoms with Gasteiger partial charge in [0, 0.05) is 26.2 Å². The fourth-order valence-electron chi connectivity index (χ4n) is 1.67. The van der Waals surface area contributed by atoms with Gasteiger partial charge in [0.25, 0.3) is 15.7 Å². The van der Waals surface area contributed by atoms with Gasteiger partial charge in [0.05, 0.1) is 9.40 Å². The monoisotopic (exact) mass is 420 g/mol. The lowest BCUT2D eigenvalue weighted by molar-refractivity contribution is -0.385. The molecule has 1 N–H and O–H groups in total. The van der Waals surface area contributed by atoms with Gasteiger partial charge in [0.2, 0.25) is 0 Å². The van der Waals surface area contributed by atoms with Crippen LogP contribution in [0.25, 0.3) is 0 Å². The van der Waals surface area contributed by atoms with Crippen molar-refractivity contribution in [2.24, 2.45) is 0 Å². The molecule has 0 fully saturated rings. The third-order valence-electron chi connectivity index (χ3n) is 2.92. The molecule has 0 saturated carbocycles. The minimum atomic E-state index is -3.49. The van der Waals surface area contributed by atoms with Crippen molar-refractivity contribution in [3.8, 4) is 0 Å². The highest BCUT2D eigenvalue weighted by molar-refractivity contribution is 9.10. The maximum absolute atomic E-state index is 12.2. The van der Waals surface area contributed by atoms with E-state index in [9.17, 15) is 18.5 Å². The quantitative estimate of drug-likeness (QED) is 0.544. The van der Waals surface area contributed by atoms with E-state index in [4.69, 9.17) is 0 Å². The molecule has 2 aromatic rings. The summed E-state index contributed by atoms with van der Waals surface area (Å²) in [6, 6.07) is 4.57. The lowest BCUT2D eigenvalue weighted by atomic mass is 10.4.